The number of benzene rings is 9. The van der Waals surface area contributed by atoms with Crippen LogP contribution >= 0.6 is 0 Å². The van der Waals surface area contributed by atoms with Crippen LogP contribution in [-0.4, -0.2) is 0 Å². The smallest absolute Gasteiger partial charge is 0.192 e. The molecule has 95 heavy (non-hydrogen) atoms. The second kappa shape index (κ2) is 41.6. The van der Waals surface area contributed by atoms with Crippen LogP contribution in [0, 0.1) is 198 Å². The number of hydrogen-bond donors (Lipinski definition) is 0. The molecule has 0 fully saturated rings. The van der Waals surface area contributed by atoms with Crippen molar-refractivity contribution in [3.63, 3.8) is 0 Å². The largest absolute Gasteiger partial charge is 0.416 e. The molecule has 9 rings (SSSR count). The molecule has 0 aliphatic heterocycles. The molecule has 0 heterocycles. The van der Waals surface area contributed by atoms with Crippen molar-refractivity contribution in [2.24, 2.45) is 0 Å². The minimum absolute atomic E-state index is 0.264. The van der Waals surface area contributed by atoms with Crippen molar-refractivity contribution in [3.8, 4) is 72.8 Å². The lowest BCUT2D eigenvalue weighted by Gasteiger charge is -2.08. The van der Waals surface area contributed by atoms with Crippen molar-refractivity contribution in [2.75, 3.05) is 0 Å². The molecular formula is C77H58F6N12. The first-order valence-electron chi connectivity index (χ1n) is 27.8. The summed E-state index contributed by atoms with van der Waals surface area (Å²) in [5.74, 6) is 0. The van der Waals surface area contributed by atoms with Gasteiger partial charge in [0.15, 0.2) is 0 Å². The summed E-state index contributed by atoms with van der Waals surface area (Å²) in [6.45, 7) is 16.2. The van der Waals surface area contributed by atoms with Crippen LogP contribution in [0.5, 0.6) is 0 Å². The Kier molecular flexibility index (Phi) is 34.8. The summed E-state index contributed by atoms with van der Waals surface area (Å²) in [4.78, 5) is 0. The average molecular weight is 1270 g/mol. The maximum Gasteiger partial charge on any atom is 0.416 e. The van der Waals surface area contributed by atoms with Crippen LogP contribution in [0.15, 0.2) is 188 Å². The fraction of sp³-hybridized carbons (Fsp3) is 0.143. The van der Waals surface area contributed by atoms with E-state index in [0.29, 0.717) is 61.2 Å². The van der Waals surface area contributed by atoms with E-state index >= 15 is 0 Å². The summed E-state index contributed by atoms with van der Waals surface area (Å²) >= 11 is 0. The third kappa shape index (κ3) is 29.5. The number of halogens is 6. The molecule has 18 heteroatoms. The van der Waals surface area contributed by atoms with Crippen LogP contribution in [0.2, 0.25) is 0 Å². The second-order valence-corrected chi connectivity index (χ2v) is 19.9. The van der Waals surface area contributed by atoms with E-state index in [9.17, 15) is 26.3 Å². The molecule has 0 unspecified atom stereocenters. The van der Waals surface area contributed by atoms with Crippen molar-refractivity contribution in [1.82, 2.24) is 0 Å². The van der Waals surface area contributed by atoms with Gasteiger partial charge in [-0.3, -0.25) is 0 Å². The van der Waals surface area contributed by atoms with Gasteiger partial charge in [-0.2, -0.15) is 89.5 Å². The van der Waals surface area contributed by atoms with Crippen LogP contribution in [0.3, 0.4) is 0 Å². The number of rotatable bonds is 0. The molecule has 12 nitrogen and oxygen atoms in total. The van der Waals surface area contributed by atoms with E-state index in [0.717, 1.165) is 62.7 Å². The Morgan fingerprint density at radius 1 is 0.232 bits per heavy atom. The van der Waals surface area contributed by atoms with Crippen LogP contribution < -0.4 is 0 Å². The van der Waals surface area contributed by atoms with Gasteiger partial charge in [-0.25, -0.2) is 0 Å². The Hall–Kier alpha value is -13.6. The molecule has 0 aromatic heterocycles. The van der Waals surface area contributed by atoms with E-state index in [1.165, 1.54) is 42.8 Å². The van der Waals surface area contributed by atoms with Crippen LogP contribution in [0.25, 0.3) is 0 Å². The Bertz CT molecular complexity index is 4500. The van der Waals surface area contributed by atoms with E-state index < -0.39 is 23.5 Å². The summed E-state index contributed by atoms with van der Waals surface area (Å²) in [7, 11) is 0. The predicted octanol–water partition coefficient (Wildman–Crippen LogP) is 18.5. The molecule has 0 saturated carbocycles. The number of nitriles is 12. The molecule has 0 N–H and O–H groups in total. The standard InChI is InChI=1S/C10H5N3.3C9H6N2.2C8H7F3.3C8H7N/c1-7-9(5-12)2-8(4-11)3-10(7)6-13;1-7-2-8(5-10)4-9(3-7)6-11;1-7-2-3-8(5-10)4-9(7)6-11;1-7-8(5-10)3-2-4-9(7)6-11;1-6-3-2-4-7(5-6)8(9,10)11;1-6-4-2-3-5-7(6)8(9,10)11;1-7-2-4-8(6-9)5-3-7;1-7-3-2-4-8(5-7)6-9;1-7-4-2-3-5-8(7)6-9/h2-3H,1H3;3*2-4H,1H3;2*2-5H,1H3;3*2-5H,1H3. The number of alkyl halides is 6. The van der Waals surface area contributed by atoms with Gasteiger partial charge in [0.05, 0.1) is 151 Å². The highest BCUT2D eigenvalue weighted by Crippen LogP contribution is 2.31. The van der Waals surface area contributed by atoms with Crippen molar-refractivity contribution < 1.29 is 26.3 Å². The van der Waals surface area contributed by atoms with E-state index in [1.54, 1.807) is 93.6 Å². The minimum atomic E-state index is -4.22. The van der Waals surface area contributed by atoms with Gasteiger partial charge in [0.25, 0.3) is 0 Å². The zero-order valence-electron chi connectivity index (χ0n) is 53.0. The molecule has 0 bridgehead atoms. The molecule has 0 spiro atoms. The molecule has 9 aromatic rings. The lowest BCUT2D eigenvalue weighted by Crippen LogP contribution is -2.06. The first-order valence-corrected chi connectivity index (χ1v) is 27.8. The van der Waals surface area contributed by atoms with Gasteiger partial charge >= 0.3 is 12.4 Å². The fourth-order valence-corrected chi connectivity index (χ4v) is 7.37. The van der Waals surface area contributed by atoms with Crippen LogP contribution in [0.1, 0.15) is 128 Å². The molecule has 0 amide bonds. The third-order valence-corrected chi connectivity index (χ3v) is 12.6. The van der Waals surface area contributed by atoms with E-state index in [-0.39, 0.29) is 5.56 Å². The molecule has 468 valence electrons. The van der Waals surface area contributed by atoms with Crippen molar-refractivity contribution in [2.45, 2.75) is 74.7 Å². The van der Waals surface area contributed by atoms with Gasteiger partial charge in [0, 0.05) is 0 Å². The van der Waals surface area contributed by atoms with Crippen molar-refractivity contribution in [1.29, 1.82) is 63.1 Å². The zero-order valence-corrected chi connectivity index (χ0v) is 53.0. The molecule has 0 aliphatic carbocycles. The summed E-state index contributed by atoms with van der Waals surface area (Å²) < 4.78 is 72.0. The fourth-order valence-electron chi connectivity index (χ4n) is 7.37. The second-order valence-electron chi connectivity index (χ2n) is 19.9. The maximum atomic E-state index is 12.0. The number of hydrogen-bond acceptors (Lipinski definition) is 12. The molecule has 0 aliphatic rings. The predicted molar refractivity (Wildman–Crippen MR) is 347 cm³/mol. The monoisotopic (exact) mass is 1260 g/mol. The Morgan fingerprint density at radius 2 is 0.589 bits per heavy atom. The van der Waals surface area contributed by atoms with E-state index in [2.05, 4.69) is 18.2 Å². The van der Waals surface area contributed by atoms with Crippen LogP contribution in [0.4, 0.5) is 26.3 Å². The Labute approximate surface area is 550 Å². The van der Waals surface area contributed by atoms with Gasteiger partial charge in [-0.05, 0) is 198 Å². The SMILES string of the molecule is Cc1c(C#N)cc(C#N)cc1C#N.Cc1c(C#N)cccc1C#N.Cc1cc(C#N)cc(C#N)c1.Cc1ccc(C#N)cc1.Cc1ccc(C#N)cc1C#N.Cc1cccc(C#N)c1.Cc1cccc(C(F)(F)F)c1.Cc1ccccc1C#N.Cc1ccccc1C(F)(F)F. The van der Waals surface area contributed by atoms with Gasteiger partial charge in [-0.1, -0.05) is 102 Å². The quantitative estimate of drug-likeness (QED) is 0.128. The zero-order chi connectivity index (χ0) is 71.7. The van der Waals surface area contributed by atoms with Crippen molar-refractivity contribution >= 4 is 0 Å². The molecule has 0 radical (unpaired) electrons. The van der Waals surface area contributed by atoms with E-state index in [1.807, 2.05) is 156 Å². The van der Waals surface area contributed by atoms with Crippen LogP contribution in [-0.2, 0) is 12.4 Å². The number of nitrogens with zero attached hydrogens (tertiary/aromatic N) is 12. The topological polar surface area (TPSA) is 285 Å². The lowest BCUT2D eigenvalue weighted by molar-refractivity contribution is -0.138. The van der Waals surface area contributed by atoms with Gasteiger partial charge in [-0.15, -0.1) is 0 Å². The summed E-state index contributed by atoms with van der Waals surface area (Å²) in [5, 5.41) is 103. The summed E-state index contributed by atoms with van der Waals surface area (Å²) in [6.07, 6.45) is -8.43. The van der Waals surface area contributed by atoms with Gasteiger partial charge in [0.1, 0.15) is 0 Å². The normalized spacial score (nSPS) is 9.08. The summed E-state index contributed by atoms with van der Waals surface area (Å²) in [5.41, 5.74) is 13.0. The highest BCUT2D eigenvalue weighted by molar-refractivity contribution is 5.53. The molecule has 0 atom stereocenters. The van der Waals surface area contributed by atoms with E-state index in [4.69, 9.17) is 63.1 Å². The first-order chi connectivity index (χ1) is 45.1. The lowest BCUT2D eigenvalue weighted by atomic mass is 10.0. The Balaban J connectivity index is 0.000000535. The minimum Gasteiger partial charge on any atom is -0.192 e. The van der Waals surface area contributed by atoms with Gasteiger partial charge in [0.2, 0.25) is 0 Å². The maximum absolute atomic E-state index is 12.0. The highest BCUT2D eigenvalue weighted by atomic mass is 19.4. The summed E-state index contributed by atoms with van der Waals surface area (Å²) in [6, 6.07) is 75.5. The number of aryl methyl sites for hydroxylation is 7. The van der Waals surface area contributed by atoms with Gasteiger partial charge < -0.3 is 0 Å². The molecule has 9 aromatic carbocycles. The highest BCUT2D eigenvalue weighted by Gasteiger charge is 2.32. The first kappa shape index (κ1) is 79.5. The van der Waals surface area contributed by atoms with Crippen molar-refractivity contribution in [3.05, 3.63) is 316 Å². The molecular weight excluding hydrogens is 1210 g/mol. The average Bonchev–Trinajstić information content (AvgIpc) is 0.971. The Morgan fingerprint density at radius 3 is 0.968 bits per heavy atom. The third-order valence-electron chi connectivity index (χ3n) is 12.6. The molecule has 0 saturated heterocycles.